The zero-order valence-electron chi connectivity index (χ0n) is 7.05. The number of nitriles is 1. The van der Waals surface area contributed by atoms with E-state index in [0.717, 1.165) is 24.0 Å². The second kappa shape index (κ2) is 3.02. The third kappa shape index (κ3) is 1.21. The van der Waals surface area contributed by atoms with Crippen molar-refractivity contribution in [2.75, 3.05) is 0 Å². The monoisotopic (exact) mass is 192 g/mol. The predicted octanol–water partition coefficient (Wildman–Crippen LogP) is 2.16. The van der Waals surface area contributed by atoms with Gasteiger partial charge >= 0.3 is 0 Å². The molecule has 3 heteroatoms. The standard InChI is InChI=1S/C10H9ClN2/c11-10-6(5-12)1-2-7-8(10)3-4-9(7)13/h1-2,9H,3-4,13H2/t9-/m0/s1. The molecule has 66 valence electrons. The molecule has 0 spiro atoms. The number of benzene rings is 1. The van der Waals surface area contributed by atoms with Gasteiger partial charge in [-0.1, -0.05) is 17.7 Å². The molecule has 1 aromatic rings. The molecule has 0 fully saturated rings. The lowest BCUT2D eigenvalue weighted by Crippen LogP contribution is -2.05. The van der Waals surface area contributed by atoms with Crippen molar-refractivity contribution in [3.05, 3.63) is 33.8 Å². The molecular formula is C10H9ClN2. The van der Waals surface area contributed by atoms with E-state index < -0.39 is 0 Å². The van der Waals surface area contributed by atoms with Gasteiger partial charge in [-0.3, -0.25) is 0 Å². The molecule has 0 amide bonds. The lowest BCUT2D eigenvalue weighted by molar-refractivity contribution is 0.713. The summed E-state index contributed by atoms with van der Waals surface area (Å²) in [6.07, 6.45) is 1.83. The van der Waals surface area contributed by atoms with Crippen LogP contribution < -0.4 is 5.73 Å². The highest BCUT2D eigenvalue weighted by atomic mass is 35.5. The molecule has 1 atom stereocenters. The topological polar surface area (TPSA) is 49.8 Å². The van der Waals surface area contributed by atoms with Gasteiger partial charge in [0.05, 0.1) is 10.6 Å². The van der Waals surface area contributed by atoms with E-state index in [0.29, 0.717) is 10.6 Å². The first kappa shape index (κ1) is 8.55. The van der Waals surface area contributed by atoms with Crippen LogP contribution in [0.25, 0.3) is 0 Å². The van der Waals surface area contributed by atoms with Gasteiger partial charge in [-0.25, -0.2) is 0 Å². The first-order valence-electron chi connectivity index (χ1n) is 4.21. The highest BCUT2D eigenvalue weighted by Crippen LogP contribution is 2.35. The first-order chi connectivity index (χ1) is 6.24. The van der Waals surface area contributed by atoms with E-state index >= 15 is 0 Å². The SMILES string of the molecule is N#Cc1ccc2c(c1Cl)CC[C@@H]2N. The van der Waals surface area contributed by atoms with E-state index in [9.17, 15) is 0 Å². The fourth-order valence-corrected chi connectivity index (χ4v) is 2.09. The summed E-state index contributed by atoms with van der Waals surface area (Å²) in [5, 5.41) is 9.34. The molecule has 2 nitrogen and oxygen atoms in total. The number of fused-ring (bicyclic) bond motifs is 1. The van der Waals surface area contributed by atoms with Crippen LogP contribution in [0.5, 0.6) is 0 Å². The van der Waals surface area contributed by atoms with Crippen molar-refractivity contribution in [1.29, 1.82) is 5.26 Å². The number of nitrogens with zero attached hydrogens (tertiary/aromatic N) is 1. The summed E-state index contributed by atoms with van der Waals surface area (Å²) in [5.74, 6) is 0. The van der Waals surface area contributed by atoms with Crippen LogP contribution in [0.3, 0.4) is 0 Å². The number of hydrogen-bond acceptors (Lipinski definition) is 2. The van der Waals surface area contributed by atoms with Gasteiger partial charge in [0.15, 0.2) is 0 Å². The Bertz CT molecular complexity index is 393. The fourth-order valence-electron chi connectivity index (χ4n) is 1.78. The number of halogens is 1. The van der Waals surface area contributed by atoms with Crippen molar-refractivity contribution in [1.82, 2.24) is 0 Å². The Morgan fingerprint density at radius 1 is 1.54 bits per heavy atom. The highest BCUT2D eigenvalue weighted by Gasteiger charge is 2.22. The van der Waals surface area contributed by atoms with Crippen molar-refractivity contribution < 1.29 is 0 Å². The third-order valence-electron chi connectivity index (χ3n) is 2.50. The fraction of sp³-hybridized carbons (Fsp3) is 0.300. The molecule has 0 bridgehead atoms. The van der Waals surface area contributed by atoms with Crippen LogP contribution in [0.1, 0.15) is 29.2 Å². The minimum absolute atomic E-state index is 0.0974. The molecule has 1 aliphatic carbocycles. The van der Waals surface area contributed by atoms with Crippen molar-refractivity contribution in [3.8, 4) is 6.07 Å². The zero-order chi connectivity index (χ0) is 9.42. The van der Waals surface area contributed by atoms with E-state index in [4.69, 9.17) is 22.6 Å². The lowest BCUT2D eigenvalue weighted by Gasteiger charge is -2.05. The van der Waals surface area contributed by atoms with E-state index in [2.05, 4.69) is 6.07 Å². The smallest absolute Gasteiger partial charge is 0.101 e. The molecule has 2 N–H and O–H groups in total. The van der Waals surface area contributed by atoms with E-state index in [1.165, 1.54) is 0 Å². The Kier molecular flexibility index (Phi) is 1.99. The minimum atomic E-state index is 0.0974. The average Bonchev–Trinajstić information content (AvgIpc) is 2.50. The number of nitrogens with two attached hydrogens (primary N) is 1. The Morgan fingerprint density at radius 3 is 3.00 bits per heavy atom. The normalized spacial score (nSPS) is 19.6. The summed E-state index contributed by atoms with van der Waals surface area (Å²) in [6.45, 7) is 0. The maximum atomic E-state index is 8.75. The Balaban J connectivity index is 2.62. The molecule has 0 saturated heterocycles. The summed E-state index contributed by atoms with van der Waals surface area (Å²) < 4.78 is 0. The van der Waals surface area contributed by atoms with Gasteiger partial charge < -0.3 is 5.73 Å². The molecule has 0 heterocycles. The van der Waals surface area contributed by atoms with Crippen molar-refractivity contribution in [2.45, 2.75) is 18.9 Å². The molecule has 2 rings (SSSR count). The van der Waals surface area contributed by atoms with E-state index in [1.54, 1.807) is 6.07 Å². The molecule has 1 aliphatic rings. The van der Waals surface area contributed by atoms with Crippen molar-refractivity contribution >= 4 is 11.6 Å². The lowest BCUT2D eigenvalue weighted by atomic mass is 10.1. The van der Waals surface area contributed by atoms with E-state index in [-0.39, 0.29) is 6.04 Å². The largest absolute Gasteiger partial charge is 0.324 e. The maximum absolute atomic E-state index is 8.75. The quantitative estimate of drug-likeness (QED) is 0.685. The van der Waals surface area contributed by atoms with E-state index in [1.807, 2.05) is 6.07 Å². The Morgan fingerprint density at radius 2 is 2.31 bits per heavy atom. The summed E-state index contributed by atoms with van der Waals surface area (Å²) in [4.78, 5) is 0. The van der Waals surface area contributed by atoms with Gasteiger partial charge in [0.25, 0.3) is 0 Å². The molecule has 0 radical (unpaired) electrons. The Hall–Kier alpha value is -1.04. The molecule has 0 saturated carbocycles. The summed E-state index contributed by atoms with van der Waals surface area (Å²) >= 11 is 6.04. The summed E-state index contributed by atoms with van der Waals surface area (Å²) in [7, 11) is 0. The second-order valence-electron chi connectivity index (χ2n) is 3.25. The van der Waals surface area contributed by atoms with Gasteiger partial charge in [-0.05, 0) is 30.0 Å². The molecule has 0 aliphatic heterocycles. The van der Waals surface area contributed by atoms with Crippen LogP contribution in [-0.4, -0.2) is 0 Å². The average molecular weight is 193 g/mol. The van der Waals surface area contributed by atoms with Gasteiger partial charge in [0.1, 0.15) is 6.07 Å². The summed E-state index contributed by atoms with van der Waals surface area (Å²) in [6, 6.07) is 5.82. The second-order valence-corrected chi connectivity index (χ2v) is 3.63. The van der Waals surface area contributed by atoms with Gasteiger partial charge in [-0.15, -0.1) is 0 Å². The Labute approximate surface area is 81.9 Å². The van der Waals surface area contributed by atoms with Crippen molar-refractivity contribution in [3.63, 3.8) is 0 Å². The van der Waals surface area contributed by atoms with Crippen LogP contribution in [0.2, 0.25) is 5.02 Å². The van der Waals surface area contributed by atoms with Crippen LogP contribution in [-0.2, 0) is 6.42 Å². The minimum Gasteiger partial charge on any atom is -0.324 e. The summed E-state index contributed by atoms with van der Waals surface area (Å²) in [5.41, 5.74) is 8.58. The first-order valence-corrected chi connectivity index (χ1v) is 4.59. The van der Waals surface area contributed by atoms with Gasteiger partial charge in [-0.2, -0.15) is 5.26 Å². The molecule has 0 aromatic heterocycles. The van der Waals surface area contributed by atoms with Crippen molar-refractivity contribution in [2.24, 2.45) is 5.73 Å². The molecule has 1 aromatic carbocycles. The van der Waals surface area contributed by atoms with Gasteiger partial charge in [0, 0.05) is 6.04 Å². The van der Waals surface area contributed by atoms with Crippen LogP contribution in [0.4, 0.5) is 0 Å². The van der Waals surface area contributed by atoms with Crippen LogP contribution in [0.15, 0.2) is 12.1 Å². The number of rotatable bonds is 0. The molecule has 0 unspecified atom stereocenters. The van der Waals surface area contributed by atoms with Gasteiger partial charge in [0.2, 0.25) is 0 Å². The number of hydrogen-bond donors (Lipinski definition) is 1. The predicted molar refractivity (Wildman–Crippen MR) is 51.4 cm³/mol. The molecule has 13 heavy (non-hydrogen) atoms. The van der Waals surface area contributed by atoms with Crippen LogP contribution in [0, 0.1) is 11.3 Å². The molecular weight excluding hydrogens is 184 g/mol. The maximum Gasteiger partial charge on any atom is 0.101 e. The highest BCUT2D eigenvalue weighted by molar-refractivity contribution is 6.32. The third-order valence-corrected chi connectivity index (χ3v) is 2.94. The van der Waals surface area contributed by atoms with Crippen LogP contribution >= 0.6 is 11.6 Å². The zero-order valence-corrected chi connectivity index (χ0v) is 7.80.